The Balaban J connectivity index is 1.99. The first-order valence-corrected chi connectivity index (χ1v) is 4.24. The van der Waals surface area contributed by atoms with Gasteiger partial charge in [0, 0.05) is 12.6 Å². The molecule has 2 aliphatic rings. The summed E-state index contributed by atoms with van der Waals surface area (Å²) in [6.45, 7) is 1.91. The molecule has 2 fully saturated rings. The molecule has 2 rings (SSSR count). The number of aliphatic carboxylic acids is 1. The summed E-state index contributed by atoms with van der Waals surface area (Å²) in [5.41, 5.74) is 0. The third kappa shape index (κ3) is 1.13. The molecule has 2 aliphatic heterocycles. The third-order valence-electron chi connectivity index (χ3n) is 2.86. The average Bonchev–Trinajstić information content (AvgIpc) is 2.40. The number of carbonyl (C=O) groups is 1. The van der Waals surface area contributed by atoms with E-state index in [1.165, 1.54) is 12.8 Å². The van der Waals surface area contributed by atoms with Gasteiger partial charge in [-0.3, -0.25) is 9.69 Å². The summed E-state index contributed by atoms with van der Waals surface area (Å²) in [7, 11) is 0. The Morgan fingerprint density at radius 3 is 3.00 bits per heavy atom. The van der Waals surface area contributed by atoms with E-state index in [1.54, 1.807) is 0 Å². The fourth-order valence-electron chi connectivity index (χ4n) is 2.27. The number of hydrogen-bond acceptors (Lipinski definition) is 2. The number of fused-ring (bicyclic) bond motifs is 1. The van der Waals surface area contributed by atoms with Crippen LogP contribution >= 0.6 is 0 Å². The molecular formula is C8H13NO2. The number of rotatable bonds is 1. The summed E-state index contributed by atoms with van der Waals surface area (Å²) >= 11 is 0. The maximum atomic E-state index is 10.6. The average molecular weight is 155 g/mol. The van der Waals surface area contributed by atoms with Gasteiger partial charge in [-0.1, -0.05) is 0 Å². The predicted molar refractivity (Wildman–Crippen MR) is 40.3 cm³/mol. The van der Waals surface area contributed by atoms with Crippen LogP contribution in [0.5, 0.6) is 0 Å². The number of carboxylic acids is 1. The van der Waals surface area contributed by atoms with Gasteiger partial charge in [-0.25, -0.2) is 0 Å². The zero-order chi connectivity index (χ0) is 7.84. The molecule has 0 aromatic heterocycles. The minimum absolute atomic E-state index is 0.0831. The second kappa shape index (κ2) is 2.48. The molecular weight excluding hydrogens is 142 g/mol. The normalized spacial score (nSPS) is 37.5. The molecule has 3 nitrogen and oxygen atoms in total. The molecule has 0 amide bonds. The van der Waals surface area contributed by atoms with Crippen LogP contribution in [0.25, 0.3) is 0 Å². The van der Waals surface area contributed by atoms with E-state index in [4.69, 9.17) is 5.11 Å². The fraction of sp³-hybridized carbons (Fsp3) is 0.875. The quantitative estimate of drug-likeness (QED) is 0.601. The van der Waals surface area contributed by atoms with Crippen molar-refractivity contribution in [3.05, 3.63) is 0 Å². The van der Waals surface area contributed by atoms with Crippen molar-refractivity contribution in [2.45, 2.75) is 25.3 Å². The monoisotopic (exact) mass is 155 g/mol. The molecule has 2 atom stereocenters. The van der Waals surface area contributed by atoms with E-state index in [1.807, 2.05) is 0 Å². The summed E-state index contributed by atoms with van der Waals surface area (Å²) in [5.74, 6) is -0.695. The van der Waals surface area contributed by atoms with Gasteiger partial charge in [0.1, 0.15) is 0 Å². The van der Waals surface area contributed by atoms with Gasteiger partial charge >= 0.3 is 5.97 Å². The molecule has 2 saturated heterocycles. The highest BCUT2D eigenvalue weighted by atomic mass is 16.4. The van der Waals surface area contributed by atoms with Gasteiger partial charge in [-0.2, -0.15) is 0 Å². The van der Waals surface area contributed by atoms with Crippen molar-refractivity contribution >= 4 is 5.97 Å². The van der Waals surface area contributed by atoms with Crippen LogP contribution in [-0.4, -0.2) is 35.1 Å². The van der Waals surface area contributed by atoms with Crippen LogP contribution in [0.3, 0.4) is 0 Å². The Morgan fingerprint density at radius 1 is 1.55 bits per heavy atom. The van der Waals surface area contributed by atoms with Crippen LogP contribution in [0.1, 0.15) is 19.3 Å². The van der Waals surface area contributed by atoms with Gasteiger partial charge in [0.05, 0.1) is 5.92 Å². The summed E-state index contributed by atoms with van der Waals surface area (Å²) in [6, 6.07) is 0.594. The van der Waals surface area contributed by atoms with Gasteiger partial charge in [-0.05, 0) is 25.8 Å². The smallest absolute Gasteiger partial charge is 0.307 e. The molecule has 2 heterocycles. The summed E-state index contributed by atoms with van der Waals surface area (Å²) in [5, 5.41) is 8.74. The van der Waals surface area contributed by atoms with Gasteiger partial charge in [0.2, 0.25) is 0 Å². The van der Waals surface area contributed by atoms with Crippen LogP contribution in [0.2, 0.25) is 0 Å². The molecule has 0 saturated carbocycles. The van der Waals surface area contributed by atoms with Gasteiger partial charge in [-0.15, -0.1) is 0 Å². The Hall–Kier alpha value is -0.570. The van der Waals surface area contributed by atoms with Gasteiger partial charge in [0.15, 0.2) is 0 Å². The Kier molecular flexibility index (Phi) is 1.60. The van der Waals surface area contributed by atoms with Crippen molar-refractivity contribution in [1.29, 1.82) is 0 Å². The Bertz CT molecular complexity index is 169. The van der Waals surface area contributed by atoms with E-state index < -0.39 is 5.97 Å². The number of hydrogen-bond donors (Lipinski definition) is 1. The largest absolute Gasteiger partial charge is 0.481 e. The number of carboxylic acid groups (broad SMARTS) is 1. The fourth-order valence-corrected chi connectivity index (χ4v) is 2.27. The minimum atomic E-state index is -0.612. The molecule has 0 aromatic carbocycles. The zero-order valence-electron chi connectivity index (χ0n) is 6.49. The molecule has 0 spiro atoms. The van der Waals surface area contributed by atoms with Gasteiger partial charge in [0.25, 0.3) is 0 Å². The molecule has 1 N–H and O–H groups in total. The standard InChI is InChI=1S/C8H13NO2/c10-8(11)6-4-7-2-1-3-9(7)5-6/h6-7H,1-5H2,(H,10,11)/t6?,7-/m0/s1. The molecule has 0 aliphatic carbocycles. The van der Waals surface area contributed by atoms with Crippen LogP contribution in [0.15, 0.2) is 0 Å². The topological polar surface area (TPSA) is 40.5 Å². The third-order valence-corrected chi connectivity index (χ3v) is 2.86. The van der Waals surface area contributed by atoms with E-state index in [9.17, 15) is 4.79 Å². The molecule has 0 radical (unpaired) electrons. The Morgan fingerprint density at radius 2 is 2.36 bits per heavy atom. The summed E-state index contributed by atoms with van der Waals surface area (Å²) in [4.78, 5) is 12.9. The van der Waals surface area contributed by atoms with Crippen molar-refractivity contribution in [1.82, 2.24) is 4.90 Å². The first-order chi connectivity index (χ1) is 5.27. The van der Waals surface area contributed by atoms with Crippen molar-refractivity contribution in [3.63, 3.8) is 0 Å². The first kappa shape index (κ1) is 7.10. The van der Waals surface area contributed by atoms with E-state index in [0.29, 0.717) is 6.04 Å². The lowest BCUT2D eigenvalue weighted by molar-refractivity contribution is -0.141. The molecule has 11 heavy (non-hydrogen) atoms. The van der Waals surface area contributed by atoms with E-state index in [0.717, 1.165) is 19.5 Å². The summed E-state index contributed by atoms with van der Waals surface area (Å²) in [6.07, 6.45) is 3.36. The van der Waals surface area contributed by atoms with Gasteiger partial charge < -0.3 is 5.11 Å². The number of nitrogens with zero attached hydrogens (tertiary/aromatic N) is 1. The lowest BCUT2D eigenvalue weighted by atomic mass is 10.0. The van der Waals surface area contributed by atoms with Crippen molar-refractivity contribution < 1.29 is 9.90 Å². The van der Waals surface area contributed by atoms with E-state index in [2.05, 4.69) is 4.90 Å². The first-order valence-electron chi connectivity index (χ1n) is 4.24. The maximum Gasteiger partial charge on any atom is 0.307 e. The summed E-state index contributed by atoms with van der Waals surface area (Å²) < 4.78 is 0. The van der Waals surface area contributed by atoms with Crippen molar-refractivity contribution in [2.24, 2.45) is 5.92 Å². The van der Waals surface area contributed by atoms with Crippen LogP contribution in [0, 0.1) is 5.92 Å². The van der Waals surface area contributed by atoms with Crippen LogP contribution < -0.4 is 0 Å². The van der Waals surface area contributed by atoms with E-state index in [-0.39, 0.29) is 5.92 Å². The van der Waals surface area contributed by atoms with Crippen molar-refractivity contribution in [3.8, 4) is 0 Å². The molecule has 3 heteroatoms. The highest BCUT2D eigenvalue weighted by molar-refractivity contribution is 5.70. The molecule has 0 aromatic rings. The van der Waals surface area contributed by atoms with Crippen LogP contribution in [0.4, 0.5) is 0 Å². The second-order valence-electron chi connectivity index (χ2n) is 3.56. The minimum Gasteiger partial charge on any atom is -0.481 e. The SMILES string of the molecule is O=C(O)C1C[C@@H]2CCCN2C1. The second-order valence-corrected chi connectivity index (χ2v) is 3.56. The van der Waals surface area contributed by atoms with Crippen molar-refractivity contribution in [2.75, 3.05) is 13.1 Å². The van der Waals surface area contributed by atoms with Crippen LogP contribution in [-0.2, 0) is 4.79 Å². The Labute approximate surface area is 66.0 Å². The molecule has 62 valence electrons. The predicted octanol–water partition coefficient (Wildman–Crippen LogP) is 0.555. The zero-order valence-corrected chi connectivity index (χ0v) is 6.49. The maximum absolute atomic E-state index is 10.6. The molecule has 1 unspecified atom stereocenters. The highest BCUT2D eigenvalue weighted by Gasteiger charge is 2.38. The molecule has 0 bridgehead atoms. The van der Waals surface area contributed by atoms with E-state index >= 15 is 0 Å². The lowest BCUT2D eigenvalue weighted by Crippen LogP contribution is -2.23. The lowest BCUT2D eigenvalue weighted by Gasteiger charge is -2.12. The highest BCUT2D eigenvalue weighted by Crippen LogP contribution is 2.31.